The van der Waals surface area contributed by atoms with Crippen LogP contribution in [-0.4, -0.2) is 6.29 Å². The molecule has 2 heteroatoms. The Labute approximate surface area is 79.2 Å². The number of hydrogen-bond donors (Lipinski definition) is 0. The van der Waals surface area contributed by atoms with E-state index < -0.39 is 0 Å². The average molecular weight is 178 g/mol. The first-order valence-electron chi connectivity index (χ1n) is 4.40. The number of aryl methyl sites for hydroxylation is 1. The monoisotopic (exact) mass is 178 g/mol. The summed E-state index contributed by atoms with van der Waals surface area (Å²) in [5.41, 5.74) is 2.06. The van der Waals surface area contributed by atoms with Gasteiger partial charge in [0.15, 0.2) is 18.2 Å². The molecule has 13 heavy (non-hydrogen) atoms. The first-order valence-corrected chi connectivity index (χ1v) is 4.40. The fraction of sp³-hybridized carbons (Fsp3) is 0.455. The van der Waals surface area contributed by atoms with E-state index in [4.69, 9.17) is 0 Å². The molecule has 0 aliphatic rings. The Hall–Kier alpha value is -1.18. The summed E-state index contributed by atoms with van der Waals surface area (Å²) >= 11 is 0. The van der Waals surface area contributed by atoms with Gasteiger partial charge in [-0.25, -0.2) is 4.57 Å². The molecule has 1 aromatic heterocycles. The lowest BCUT2D eigenvalue weighted by atomic mass is 9.91. The van der Waals surface area contributed by atoms with Crippen LogP contribution in [-0.2, 0) is 12.5 Å². The summed E-state index contributed by atoms with van der Waals surface area (Å²) in [5, 5.41) is 0. The highest BCUT2D eigenvalue weighted by Crippen LogP contribution is 2.17. The number of aromatic nitrogens is 1. The van der Waals surface area contributed by atoms with Gasteiger partial charge in [0.1, 0.15) is 7.05 Å². The van der Waals surface area contributed by atoms with Crippen molar-refractivity contribution in [1.82, 2.24) is 0 Å². The van der Waals surface area contributed by atoms with Gasteiger partial charge in [-0.2, -0.15) is 0 Å². The maximum absolute atomic E-state index is 10.5. The summed E-state index contributed by atoms with van der Waals surface area (Å²) in [5.74, 6) is 0. The Bertz CT molecular complexity index is 323. The van der Waals surface area contributed by atoms with Crippen molar-refractivity contribution in [3.05, 3.63) is 29.6 Å². The van der Waals surface area contributed by atoms with E-state index in [9.17, 15) is 4.79 Å². The van der Waals surface area contributed by atoms with Crippen molar-refractivity contribution in [3.8, 4) is 0 Å². The molecule has 0 fully saturated rings. The maximum Gasteiger partial charge on any atom is 0.186 e. The highest BCUT2D eigenvalue weighted by atomic mass is 16.1. The number of carbonyl (C=O) groups excluding carboxylic acids is 1. The molecular formula is C11H16NO+. The van der Waals surface area contributed by atoms with Crippen molar-refractivity contribution in [1.29, 1.82) is 0 Å². The van der Waals surface area contributed by atoms with Crippen molar-refractivity contribution >= 4 is 6.29 Å². The Balaban J connectivity index is 3.20. The minimum Gasteiger partial charge on any atom is -0.298 e. The molecule has 0 bridgehead atoms. The van der Waals surface area contributed by atoms with Crippen LogP contribution >= 0.6 is 0 Å². The van der Waals surface area contributed by atoms with Crippen molar-refractivity contribution < 1.29 is 9.36 Å². The normalized spacial score (nSPS) is 11.4. The van der Waals surface area contributed by atoms with Crippen molar-refractivity contribution in [3.63, 3.8) is 0 Å². The zero-order valence-corrected chi connectivity index (χ0v) is 8.66. The SMILES string of the molecule is C[n+]1cc(C=O)ccc1C(C)(C)C. The molecule has 2 nitrogen and oxygen atoms in total. The Morgan fingerprint density at radius 2 is 1.92 bits per heavy atom. The van der Waals surface area contributed by atoms with Gasteiger partial charge in [-0.15, -0.1) is 0 Å². The fourth-order valence-corrected chi connectivity index (χ4v) is 1.48. The van der Waals surface area contributed by atoms with Crippen LogP contribution in [0.3, 0.4) is 0 Å². The lowest BCUT2D eigenvalue weighted by molar-refractivity contribution is -0.682. The summed E-state index contributed by atoms with van der Waals surface area (Å²) in [6.07, 6.45) is 2.72. The minimum absolute atomic E-state index is 0.121. The number of nitrogens with zero attached hydrogens (tertiary/aromatic N) is 1. The number of hydrogen-bond acceptors (Lipinski definition) is 1. The second-order valence-corrected chi connectivity index (χ2v) is 4.33. The van der Waals surface area contributed by atoms with E-state index in [0.717, 1.165) is 11.8 Å². The molecule has 1 rings (SSSR count). The lowest BCUT2D eigenvalue weighted by Gasteiger charge is -2.14. The van der Waals surface area contributed by atoms with E-state index in [-0.39, 0.29) is 5.41 Å². The molecule has 70 valence electrons. The largest absolute Gasteiger partial charge is 0.298 e. The molecule has 0 aliphatic carbocycles. The first kappa shape index (κ1) is 9.90. The van der Waals surface area contributed by atoms with Gasteiger partial charge in [-0.05, 0) is 6.07 Å². The highest BCUT2D eigenvalue weighted by molar-refractivity contribution is 5.73. The lowest BCUT2D eigenvalue weighted by Crippen LogP contribution is -2.39. The van der Waals surface area contributed by atoms with Gasteiger partial charge in [0.25, 0.3) is 0 Å². The van der Waals surface area contributed by atoms with Gasteiger partial charge in [-0.3, -0.25) is 4.79 Å². The molecule has 0 amide bonds. The van der Waals surface area contributed by atoms with Gasteiger partial charge < -0.3 is 0 Å². The topological polar surface area (TPSA) is 20.9 Å². The van der Waals surface area contributed by atoms with Gasteiger partial charge in [0.2, 0.25) is 0 Å². The minimum atomic E-state index is 0.121. The van der Waals surface area contributed by atoms with Crippen LogP contribution in [0.2, 0.25) is 0 Å². The second-order valence-electron chi connectivity index (χ2n) is 4.33. The van der Waals surface area contributed by atoms with E-state index >= 15 is 0 Å². The van der Waals surface area contributed by atoms with Crippen LogP contribution in [0.1, 0.15) is 36.8 Å². The van der Waals surface area contributed by atoms with Gasteiger partial charge in [0.05, 0.1) is 5.56 Å². The second kappa shape index (κ2) is 3.29. The molecule has 0 saturated heterocycles. The highest BCUT2D eigenvalue weighted by Gasteiger charge is 2.23. The van der Waals surface area contributed by atoms with Crippen LogP contribution in [0.5, 0.6) is 0 Å². The quantitative estimate of drug-likeness (QED) is 0.473. The molecule has 0 aliphatic heterocycles. The van der Waals surface area contributed by atoms with E-state index in [2.05, 4.69) is 20.8 Å². The predicted octanol–water partition coefficient (Wildman–Crippen LogP) is 1.62. The predicted molar refractivity (Wildman–Crippen MR) is 51.7 cm³/mol. The molecule has 0 N–H and O–H groups in total. The zero-order valence-electron chi connectivity index (χ0n) is 8.66. The summed E-state index contributed by atoms with van der Waals surface area (Å²) in [6.45, 7) is 6.47. The fourth-order valence-electron chi connectivity index (χ4n) is 1.48. The van der Waals surface area contributed by atoms with Gasteiger partial charge in [0, 0.05) is 11.5 Å². The van der Waals surface area contributed by atoms with Gasteiger partial charge in [-0.1, -0.05) is 20.8 Å². The van der Waals surface area contributed by atoms with E-state index in [1.165, 1.54) is 5.69 Å². The number of pyridine rings is 1. The zero-order chi connectivity index (χ0) is 10.1. The molecule has 0 aromatic carbocycles. The van der Waals surface area contributed by atoms with E-state index in [0.29, 0.717) is 0 Å². The number of carbonyl (C=O) groups is 1. The molecule has 1 heterocycles. The van der Waals surface area contributed by atoms with Crippen LogP contribution in [0.25, 0.3) is 0 Å². The third-order valence-corrected chi connectivity index (χ3v) is 2.06. The van der Waals surface area contributed by atoms with Crippen molar-refractivity contribution in [2.24, 2.45) is 7.05 Å². The van der Waals surface area contributed by atoms with Crippen LogP contribution < -0.4 is 4.57 Å². The maximum atomic E-state index is 10.5. The number of aldehydes is 1. The molecule has 0 atom stereocenters. The summed E-state index contributed by atoms with van der Waals surface area (Å²) in [7, 11) is 1.97. The number of rotatable bonds is 1. The van der Waals surface area contributed by atoms with Crippen LogP contribution in [0, 0.1) is 0 Å². The van der Waals surface area contributed by atoms with Crippen molar-refractivity contribution in [2.45, 2.75) is 26.2 Å². The van der Waals surface area contributed by atoms with Gasteiger partial charge >= 0.3 is 0 Å². The Morgan fingerprint density at radius 3 is 2.31 bits per heavy atom. The summed E-state index contributed by atoms with van der Waals surface area (Å²) in [6, 6.07) is 3.86. The Kier molecular flexibility index (Phi) is 2.50. The molecule has 0 spiro atoms. The van der Waals surface area contributed by atoms with E-state index in [1.807, 2.05) is 29.9 Å². The molecule has 0 saturated carbocycles. The first-order chi connectivity index (χ1) is 5.95. The third-order valence-electron chi connectivity index (χ3n) is 2.06. The van der Waals surface area contributed by atoms with E-state index in [1.54, 1.807) is 0 Å². The van der Waals surface area contributed by atoms with Crippen LogP contribution in [0.4, 0.5) is 0 Å². The molecule has 0 radical (unpaired) electrons. The summed E-state index contributed by atoms with van der Waals surface area (Å²) < 4.78 is 2.00. The molecular weight excluding hydrogens is 162 g/mol. The summed E-state index contributed by atoms with van der Waals surface area (Å²) in [4.78, 5) is 10.5. The Morgan fingerprint density at radius 1 is 1.31 bits per heavy atom. The molecule has 0 unspecified atom stereocenters. The van der Waals surface area contributed by atoms with Crippen LogP contribution in [0.15, 0.2) is 18.3 Å². The average Bonchev–Trinajstić information content (AvgIpc) is 2.01. The molecule has 1 aromatic rings. The smallest absolute Gasteiger partial charge is 0.186 e. The standard InChI is InChI=1S/C11H16NO/c1-11(2,3)10-6-5-9(8-13)7-12(10)4/h5-8H,1-4H3/q+1. The third kappa shape index (κ3) is 2.14. The van der Waals surface area contributed by atoms with Crippen molar-refractivity contribution in [2.75, 3.05) is 0 Å².